The van der Waals surface area contributed by atoms with Crippen LogP contribution in [-0.2, 0) is 11.4 Å². The smallest absolute Gasteiger partial charge is 0.387 e. The van der Waals surface area contributed by atoms with Crippen LogP contribution in [0.2, 0.25) is 5.02 Å². The van der Waals surface area contributed by atoms with Gasteiger partial charge in [-0.05, 0) is 24.3 Å². The molecule has 4 nitrogen and oxygen atoms in total. The van der Waals surface area contributed by atoms with Gasteiger partial charge in [0.25, 0.3) is 0 Å². The Labute approximate surface area is 137 Å². The fourth-order valence-electron chi connectivity index (χ4n) is 1.78. The third kappa shape index (κ3) is 5.10. The predicted molar refractivity (Wildman–Crippen MR) is 83.5 cm³/mol. The van der Waals surface area contributed by atoms with Crippen LogP contribution < -0.4 is 9.47 Å². The summed E-state index contributed by atoms with van der Waals surface area (Å²) in [5.41, 5.74) is 1.42. The van der Waals surface area contributed by atoms with Crippen LogP contribution in [0.25, 0.3) is 0 Å². The molecule has 2 aromatic rings. The first-order valence-corrected chi connectivity index (χ1v) is 6.99. The molecule has 0 radical (unpaired) electrons. The minimum absolute atomic E-state index is 0.0448. The Kier molecular flexibility index (Phi) is 6.17. The Morgan fingerprint density at radius 3 is 2.65 bits per heavy atom. The maximum absolute atomic E-state index is 12.2. The second kappa shape index (κ2) is 8.33. The van der Waals surface area contributed by atoms with Crippen LogP contribution in [0, 0.1) is 0 Å². The van der Waals surface area contributed by atoms with E-state index in [2.05, 4.69) is 9.89 Å². The summed E-state index contributed by atoms with van der Waals surface area (Å²) < 4.78 is 33.8. The van der Waals surface area contributed by atoms with Crippen molar-refractivity contribution in [2.45, 2.75) is 13.2 Å². The lowest BCUT2D eigenvalue weighted by Gasteiger charge is -2.09. The van der Waals surface area contributed by atoms with E-state index in [9.17, 15) is 8.78 Å². The van der Waals surface area contributed by atoms with Gasteiger partial charge in [0.1, 0.15) is 6.61 Å². The zero-order valence-corrected chi connectivity index (χ0v) is 13.0. The lowest BCUT2D eigenvalue weighted by Crippen LogP contribution is -2.03. The van der Waals surface area contributed by atoms with Crippen LogP contribution >= 0.6 is 11.6 Å². The summed E-state index contributed by atoms with van der Waals surface area (Å²) in [5, 5.41) is 4.41. The van der Waals surface area contributed by atoms with E-state index >= 15 is 0 Å². The maximum Gasteiger partial charge on any atom is 0.387 e. The molecule has 2 rings (SSSR count). The summed E-state index contributed by atoms with van der Waals surface area (Å²) in [6, 6.07) is 11.7. The fourth-order valence-corrected chi connectivity index (χ4v) is 1.97. The van der Waals surface area contributed by atoms with Crippen LogP contribution in [0.15, 0.2) is 47.6 Å². The van der Waals surface area contributed by atoms with E-state index in [-0.39, 0.29) is 18.1 Å². The van der Waals surface area contributed by atoms with Crippen molar-refractivity contribution in [3.05, 3.63) is 58.6 Å². The molecule has 0 saturated carbocycles. The second-order valence-electron chi connectivity index (χ2n) is 4.39. The van der Waals surface area contributed by atoms with Crippen molar-refractivity contribution in [3.63, 3.8) is 0 Å². The Hall–Kier alpha value is -2.34. The first-order chi connectivity index (χ1) is 11.1. The molecule has 0 aliphatic carbocycles. The molecule has 0 atom stereocenters. The van der Waals surface area contributed by atoms with Crippen LogP contribution in [0.1, 0.15) is 11.1 Å². The highest BCUT2D eigenvalue weighted by molar-refractivity contribution is 6.31. The van der Waals surface area contributed by atoms with Gasteiger partial charge in [-0.25, -0.2) is 0 Å². The molecule has 0 amide bonds. The van der Waals surface area contributed by atoms with Gasteiger partial charge in [-0.1, -0.05) is 35.0 Å². The number of benzene rings is 2. The van der Waals surface area contributed by atoms with E-state index in [1.54, 1.807) is 12.1 Å². The maximum atomic E-state index is 12.2. The molecule has 2 aromatic carbocycles. The summed E-state index contributed by atoms with van der Waals surface area (Å²) >= 11 is 6.00. The Morgan fingerprint density at radius 2 is 1.96 bits per heavy atom. The van der Waals surface area contributed by atoms with Gasteiger partial charge >= 0.3 is 6.61 Å². The van der Waals surface area contributed by atoms with Crippen LogP contribution in [0.4, 0.5) is 8.78 Å². The molecule has 0 bridgehead atoms. The van der Waals surface area contributed by atoms with Crippen LogP contribution in [0.3, 0.4) is 0 Å². The average molecular weight is 342 g/mol. The van der Waals surface area contributed by atoms with E-state index in [4.69, 9.17) is 21.2 Å². The van der Waals surface area contributed by atoms with Crippen molar-refractivity contribution < 1.29 is 23.1 Å². The van der Waals surface area contributed by atoms with Crippen molar-refractivity contribution in [2.75, 3.05) is 7.11 Å². The number of halogens is 3. The second-order valence-corrected chi connectivity index (χ2v) is 4.80. The van der Waals surface area contributed by atoms with Gasteiger partial charge in [0.05, 0.1) is 13.3 Å². The van der Waals surface area contributed by atoms with Crippen molar-refractivity contribution in [1.29, 1.82) is 0 Å². The van der Waals surface area contributed by atoms with E-state index in [1.807, 2.05) is 18.2 Å². The molecule has 0 fully saturated rings. The topological polar surface area (TPSA) is 40.0 Å². The lowest BCUT2D eigenvalue weighted by atomic mass is 10.2. The van der Waals surface area contributed by atoms with E-state index in [1.165, 1.54) is 25.5 Å². The lowest BCUT2D eigenvalue weighted by molar-refractivity contribution is -0.0512. The summed E-state index contributed by atoms with van der Waals surface area (Å²) in [4.78, 5) is 5.17. The van der Waals surface area contributed by atoms with Gasteiger partial charge in [0.2, 0.25) is 0 Å². The average Bonchev–Trinajstić information content (AvgIpc) is 2.53. The Balaban J connectivity index is 1.98. The molecule has 0 aliphatic heterocycles. The zero-order chi connectivity index (χ0) is 16.7. The molecular weight excluding hydrogens is 328 g/mol. The highest BCUT2D eigenvalue weighted by Gasteiger charge is 2.10. The molecule has 0 aliphatic rings. The molecule has 0 unspecified atom stereocenters. The van der Waals surface area contributed by atoms with Gasteiger partial charge < -0.3 is 14.3 Å². The van der Waals surface area contributed by atoms with Crippen molar-refractivity contribution in [2.24, 2.45) is 5.16 Å². The van der Waals surface area contributed by atoms with Gasteiger partial charge in [0.15, 0.2) is 11.5 Å². The third-order valence-corrected chi connectivity index (χ3v) is 3.23. The molecule has 0 saturated heterocycles. The minimum Gasteiger partial charge on any atom is -0.493 e. The number of alkyl halides is 2. The first kappa shape index (κ1) is 17.0. The molecule has 0 N–H and O–H groups in total. The summed E-state index contributed by atoms with van der Waals surface area (Å²) in [7, 11) is 1.36. The number of nitrogens with zero attached hydrogens (tertiary/aromatic N) is 1. The van der Waals surface area contributed by atoms with Crippen molar-refractivity contribution in [1.82, 2.24) is 0 Å². The number of ether oxygens (including phenoxy) is 2. The van der Waals surface area contributed by atoms with Gasteiger partial charge in [-0.2, -0.15) is 8.78 Å². The van der Waals surface area contributed by atoms with Crippen LogP contribution in [0.5, 0.6) is 11.5 Å². The highest BCUT2D eigenvalue weighted by Crippen LogP contribution is 2.28. The van der Waals surface area contributed by atoms with Crippen molar-refractivity contribution >= 4 is 17.8 Å². The van der Waals surface area contributed by atoms with Gasteiger partial charge in [0, 0.05) is 16.1 Å². The van der Waals surface area contributed by atoms with E-state index in [0.29, 0.717) is 10.6 Å². The van der Waals surface area contributed by atoms with Gasteiger partial charge in [-0.3, -0.25) is 0 Å². The molecule has 7 heteroatoms. The fraction of sp³-hybridized carbons (Fsp3) is 0.188. The number of hydrogen-bond donors (Lipinski definition) is 0. The summed E-state index contributed by atoms with van der Waals surface area (Å²) in [6.07, 6.45) is 1.44. The molecule has 122 valence electrons. The van der Waals surface area contributed by atoms with E-state index in [0.717, 1.165) is 5.56 Å². The van der Waals surface area contributed by atoms with Gasteiger partial charge in [-0.15, -0.1) is 0 Å². The SMILES string of the molecule is COc1cc(C=NOCc2ccccc2Cl)ccc1OC(F)F. The summed E-state index contributed by atoms with van der Waals surface area (Å²) in [5.74, 6) is 0.136. The van der Waals surface area contributed by atoms with Crippen molar-refractivity contribution in [3.8, 4) is 11.5 Å². The molecule has 0 aromatic heterocycles. The number of methoxy groups -OCH3 is 1. The molecule has 0 spiro atoms. The summed E-state index contributed by atoms with van der Waals surface area (Å²) in [6.45, 7) is -2.69. The molecule has 0 heterocycles. The Bertz CT molecular complexity index is 680. The standard InChI is InChI=1S/C16H14ClF2NO3/c1-21-15-8-11(6-7-14(15)23-16(18)19)9-20-22-10-12-4-2-3-5-13(12)17/h2-9,16H,10H2,1H3. The molecule has 23 heavy (non-hydrogen) atoms. The number of hydrogen-bond acceptors (Lipinski definition) is 4. The quantitative estimate of drug-likeness (QED) is 0.550. The van der Waals surface area contributed by atoms with Crippen LogP contribution in [-0.4, -0.2) is 19.9 Å². The largest absolute Gasteiger partial charge is 0.493 e. The monoisotopic (exact) mass is 341 g/mol. The predicted octanol–water partition coefficient (Wildman–Crippen LogP) is 4.50. The highest BCUT2D eigenvalue weighted by atomic mass is 35.5. The normalized spacial score (nSPS) is 11.0. The zero-order valence-electron chi connectivity index (χ0n) is 12.2. The number of oxime groups is 1. The van der Waals surface area contributed by atoms with E-state index < -0.39 is 6.61 Å². The third-order valence-electron chi connectivity index (χ3n) is 2.86. The number of rotatable bonds is 7. The molecular formula is C16H14ClF2NO3. The first-order valence-electron chi connectivity index (χ1n) is 6.61. The minimum atomic E-state index is -2.91. The Morgan fingerprint density at radius 1 is 1.17 bits per heavy atom.